The molecule has 0 aromatic carbocycles. The first kappa shape index (κ1) is 17.5. The van der Waals surface area contributed by atoms with Gasteiger partial charge in [0.2, 0.25) is 0 Å². The molecule has 0 unspecified atom stereocenters. The number of hydrogen-bond acceptors (Lipinski definition) is 6. The summed E-state index contributed by atoms with van der Waals surface area (Å²) in [4.78, 5) is 29.0. The van der Waals surface area contributed by atoms with E-state index in [0.29, 0.717) is 18.1 Å². The maximum Gasteiger partial charge on any atom is 0.311 e. The molecule has 4 aliphatic rings. The first-order valence-electron chi connectivity index (χ1n) is 9.32. The minimum absolute atomic E-state index is 0.0211. The second-order valence-corrected chi connectivity index (χ2v) is 10.1. The summed E-state index contributed by atoms with van der Waals surface area (Å²) in [5, 5.41) is 1.90. The molecule has 5 rings (SSSR count). The van der Waals surface area contributed by atoms with Crippen LogP contribution in [0.25, 0.3) is 0 Å². The summed E-state index contributed by atoms with van der Waals surface area (Å²) in [5.74, 6) is 3.13. The predicted octanol–water partition coefficient (Wildman–Crippen LogP) is 4.13. The van der Waals surface area contributed by atoms with Gasteiger partial charge in [-0.05, 0) is 63.2 Å². The van der Waals surface area contributed by atoms with Gasteiger partial charge in [0, 0.05) is 10.8 Å². The van der Waals surface area contributed by atoms with Crippen LogP contribution in [0.3, 0.4) is 0 Å². The van der Waals surface area contributed by atoms with Crippen LogP contribution in [-0.4, -0.2) is 29.1 Å². The van der Waals surface area contributed by atoms with Gasteiger partial charge in [0.05, 0.1) is 24.5 Å². The number of thioether (sulfide) groups is 1. The van der Waals surface area contributed by atoms with Crippen molar-refractivity contribution >= 4 is 34.9 Å². The second-order valence-electron chi connectivity index (χ2n) is 8.00. The topological polar surface area (TPSA) is 56.3 Å². The minimum atomic E-state index is -0.242. The smallest absolute Gasteiger partial charge is 0.311 e. The van der Waals surface area contributed by atoms with E-state index in [0.717, 1.165) is 47.0 Å². The van der Waals surface area contributed by atoms with E-state index in [-0.39, 0.29) is 17.8 Å². The molecule has 4 bridgehead atoms. The average Bonchev–Trinajstić information content (AvgIpc) is 2.99. The minimum Gasteiger partial charge on any atom is -0.466 e. The van der Waals surface area contributed by atoms with Crippen LogP contribution < -0.4 is 0 Å². The van der Waals surface area contributed by atoms with Crippen molar-refractivity contribution < 1.29 is 14.3 Å². The number of carbonyl (C=O) groups excluding carboxylic acids is 2. The Bertz CT molecular complexity index is 634. The summed E-state index contributed by atoms with van der Waals surface area (Å²) >= 11 is 3.06. The van der Waals surface area contributed by atoms with Gasteiger partial charge >= 0.3 is 5.97 Å². The number of hydrogen-bond donors (Lipinski definition) is 0. The summed E-state index contributed by atoms with van der Waals surface area (Å²) in [7, 11) is 0. The highest BCUT2D eigenvalue weighted by atomic mass is 32.2. The van der Waals surface area contributed by atoms with E-state index in [1.54, 1.807) is 18.7 Å². The van der Waals surface area contributed by atoms with E-state index in [2.05, 4.69) is 4.98 Å². The fourth-order valence-electron chi connectivity index (χ4n) is 5.53. The average molecular weight is 380 g/mol. The van der Waals surface area contributed by atoms with Gasteiger partial charge in [0.15, 0.2) is 4.34 Å². The fourth-order valence-corrected chi connectivity index (χ4v) is 7.41. The van der Waals surface area contributed by atoms with Gasteiger partial charge in [-0.2, -0.15) is 0 Å². The Labute approximate surface area is 157 Å². The molecule has 4 fully saturated rings. The van der Waals surface area contributed by atoms with Crippen LogP contribution >= 0.6 is 23.1 Å². The third-order valence-electron chi connectivity index (χ3n) is 6.12. The quantitative estimate of drug-likeness (QED) is 0.527. The number of rotatable bonds is 7. The summed E-state index contributed by atoms with van der Waals surface area (Å²) in [6.07, 6.45) is 7.70. The highest BCUT2D eigenvalue weighted by molar-refractivity contribution is 8.01. The number of ketones is 1. The first-order valence-corrected chi connectivity index (χ1v) is 11.2. The van der Waals surface area contributed by atoms with Crippen LogP contribution in [0.2, 0.25) is 0 Å². The van der Waals surface area contributed by atoms with Crippen molar-refractivity contribution in [1.29, 1.82) is 0 Å². The van der Waals surface area contributed by atoms with Crippen molar-refractivity contribution in [2.45, 2.75) is 56.2 Å². The summed E-state index contributed by atoms with van der Waals surface area (Å²) < 4.78 is 5.84. The van der Waals surface area contributed by atoms with Crippen LogP contribution in [0.5, 0.6) is 0 Å². The fraction of sp³-hybridized carbons (Fsp3) is 0.737. The number of esters is 1. The molecule has 0 spiro atoms. The Morgan fingerprint density at radius 1 is 1.24 bits per heavy atom. The molecule has 0 aliphatic heterocycles. The van der Waals surface area contributed by atoms with E-state index in [1.165, 1.54) is 30.6 Å². The number of nitrogens with zero attached hydrogens (tertiary/aromatic N) is 1. The second kappa shape index (κ2) is 7.03. The largest absolute Gasteiger partial charge is 0.466 e. The van der Waals surface area contributed by atoms with Crippen LogP contribution in [0.15, 0.2) is 9.72 Å². The molecule has 25 heavy (non-hydrogen) atoms. The standard InChI is InChI=1S/C19H25NO3S2/c1-2-23-17(22)6-15-10-24-18(20-15)25-11-16(21)19-7-12-3-13(8-19)5-14(4-12)9-19/h10,12-14H,2-9,11H2,1H3. The highest BCUT2D eigenvalue weighted by Gasteiger charge is 2.54. The van der Waals surface area contributed by atoms with Crippen LogP contribution in [0.1, 0.15) is 51.1 Å². The Morgan fingerprint density at radius 2 is 1.88 bits per heavy atom. The van der Waals surface area contributed by atoms with E-state index in [4.69, 9.17) is 4.74 Å². The van der Waals surface area contributed by atoms with Gasteiger partial charge in [-0.3, -0.25) is 9.59 Å². The van der Waals surface area contributed by atoms with Crippen molar-refractivity contribution in [2.24, 2.45) is 23.2 Å². The van der Waals surface area contributed by atoms with Gasteiger partial charge in [0.1, 0.15) is 5.78 Å². The lowest BCUT2D eigenvalue weighted by molar-refractivity contribution is -0.142. The zero-order chi connectivity index (χ0) is 17.4. The van der Waals surface area contributed by atoms with Crippen LogP contribution in [0, 0.1) is 23.2 Å². The molecule has 0 atom stereocenters. The van der Waals surface area contributed by atoms with Gasteiger partial charge in [-0.1, -0.05) is 11.8 Å². The number of thiazole rings is 1. The Kier molecular flexibility index (Phi) is 4.93. The number of aromatic nitrogens is 1. The lowest BCUT2D eigenvalue weighted by Crippen LogP contribution is -2.50. The molecule has 1 aromatic rings. The van der Waals surface area contributed by atoms with Crippen molar-refractivity contribution in [3.8, 4) is 0 Å². The highest BCUT2D eigenvalue weighted by Crippen LogP contribution is 2.60. The molecule has 4 nitrogen and oxygen atoms in total. The predicted molar refractivity (Wildman–Crippen MR) is 98.8 cm³/mol. The van der Waals surface area contributed by atoms with Crippen LogP contribution in [-0.2, 0) is 20.7 Å². The third kappa shape index (κ3) is 3.65. The van der Waals surface area contributed by atoms with E-state index in [9.17, 15) is 9.59 Å². The van der Waals surface area contributed by atoms with E-state index >= 15 is 0 Å². The van der Waals surface area contributed by atoms with Crippen molar-refractivity contribution in [2.75, 3.05) is 12.4 Å². The Balaban J connectivity index is 1.33. The zero-order valence-electron chi connectivity index (χ0n) is 14.7. The monoisotopic (exact) mass is 379 g/mol. The molecule has 0 amide bonds. The maximum atomic E-state index is 13.0. The summed E-state index contributed by atoms with van der Waals surface area (Å²) in [6.45, 7) is 2.19. The molecule has 0 N–H and O–H groups in total. The van der Waals surface area contributed by atoms with E-state index in [1.807, 2.05) is 5.38 Å². The maximum absolute atomic E-state index is 13.0. The Hall–Kier alpha value is -0.880. The molecule has 136 valence electrons. The lowest BCUT2D eigenvalue weighted by atomic mass is 9.48. The molecular weight excluding hydrogens is 354 g/mol. The van der Waals surface area contributed by atoms with Gasteiger partial charge < -0.3 is 4.74 Å². The molecule has 1 heterocycles. The first-order chi connectivity index (χ1) is 12.1. The van der Waals surface area contributed by atoms with E-state index < -0.39 is 0 Å². The van der Waals surface area contributed by atoms with Crippen molar-refractivity contribution in [1.82, 2.24) is 4.98 Å². The number of Topliss-reactive ketones (excluding diaryl/α,β-unsaturated/α-hetero) is 1. The zero-order valence-corrected chi connectivity index (χ0v) is 16.3. The molecule has 1 aromatic heterocycles. The molecule has 6 heteroatoms. The Morgan fingerprint density at radius 3 is 2.48 bits per heavy atom. The molecule has 4 aliphatic carbocycles. The normalized spacial score (nSPS) is 32.8. The third-order valence-corrected chi connectivity index (χ3v) is 8.19. The number of carbonyl (C=O) groups is 2. The summed E-state index contributed by atoms with van der Waals surface area (Å²) in [6, 6.07) is 0. The molecule has 0 saturated heterocycles. The van der Waals surface area contributed by atoms with Gasteiger partial charge in [0.25, 0.3) is 0 Å². The molecule has 4 saturated carbocycles. The lowest BCUT2D eigenvalue weighted by Gasteiger charge is -2.56. The van der Waals surface area contributed by atoms with Crippen molar-refractivity contribution in [3.63, 3.8) is 0 Å². The summed E-state index contributed by atoms with van der Waals surface area (Å²) in [5.41, 5.74) is 0.723. The SMILES string of the molecule is CCOC(=O)Cc1csc(SCC(=O)C23CC4CC(CC(C4)C2)C3)n1. The number of ether oxygens (including phenoxy) is 1. The molecular formula is C19H25NO3S2. The molecule has 0 radical (unpaired) electrons. The van der Waals surface area contributed by atoms with Gasteiger partial charge in [-0.15, -0.1) is 11.3 Å². The van der Waals surface area contributed by atoms with Crippen molar-refractivity contribution in [3.05, 3.63) is 11.1 Å². The van der Waals surface area contributed by atoms with Gasteiger partial charge in [-0.25, -0.2) is 4.98 Å². The van der Waals surface area contributed by atoms with Crippen LogP contribution in [0.4, 0.5) is 0 Å².